The summed E-state index contributed by atoms with van der Waals surface area (Å²) in [6, 6.07) is 13.5. The fraction of sp³-hybridized carbons (Fsp3) is 0.381. The lowest BCUT2D eigenvalue weighted by atomic mass is 10.1. The molecule has 0 aliphatic heterocycles. The molecule has 0 aliphatic rings. The first-order chi connectivity index (χ1) is 13.0. The maximum atomic E-state index is 12.0. The number of nitrogens with one attached hydrogen (secondary N) is 2. The average Bonchev–Trinajstić information content (AvgIpc) is 2.67. The molecule has 6 nitrogen and oxygen atoms in total. The number of ether oxygens (including phenoxy) is 1. The van der Waals surface area contributed by atoms with E-state index >= 15 is 0 Å². The van der Waals surface area contributed by atoms with E-state index in [1.165, 1.54) is 0 Å². The summed E-state index contributed by atoms with van der Waals surface area (Å²) in [5.41, 5.74) is 1.73. The molecule has 0 aliphatic carbocycles. The molecule has 2 rings (SSSR count). The van der Waals surface area contributed by atoms with Crippen molar-refractivity contribution < 1.29 is 18.9 Å². The quantitative estimate of drug-likeness (QED) is 0.702. The van der Waals surface area contributed by atoms with Crippen LogP contribution in [-0.4, -0.2) is 24.1 Å². The van der Waals surface area contributed by atoms with Crippen LogP contribution in [-0.2, 0) is 17.9 Å². The van der Waals surface area contributed by atoms with Gasteiger partial charge in [-0.1, -0.05) is 37.3 Å². The molecule has 27 heavy (non-hydrogen) atoms. The molecule has 1 heterocycles. The maximum absolute atomic E-state index is 12.0. The van der Waals surface area contributed by atoms with Crippen LogP contribution < -0.4 is 15.2 Å². The van der Waals surface area contributed by atoms with Gasteiger partial charge in [0.15, 0.2) is 12.4 Å². The van der Waals surface area contributed by atoms with Gasteiger partial charge in [-0.05, 0) is 32.3 Å². The summed E-state index contributed by atoms with van der Waals surface area (Å²) in [7, 11) is 0. The van der Waals surface area contributed by atoms with Crippen LogP contribution in [0.3, 0.4) is 0 Å². The van der Waals surface area contributed by atoms with Gasteiger partial charge in [-0.15, -0.1) is 0 Å². The second kappa shape index (κ2) is 10.3. The number of pyridine rings is 1. The Labute approximate surface area is 160 Å². The third-order valence-electron chi connectivity index (χ3n) is 4.24. The molecule has 2 N–H and O–H groups in total. The van der Waals surface area contributed by atoms with E-state index in [9.17, 15) is 9.59 Å². The number of hydrogen-bond acceptors (Lipinski definition) is 3. The standard InChI is InChI=1S/C21H27N3O3/c1-4-16(2)22-20(25)19-10-12-24(13-11-19)15-27-21(26)23-17(3)14-18-8-6-5-7-9-18/h5-13,16-17H,4,14-15H2,1-3H3,(H-,22,23,25,26)/p+1/t16-,17+/m1/s1. The van der Waals surface area contributed by atoms with Crippen LogP contribution in [0.4, 0.5) is 4.79 Å². The van der Waals surface area contributed by atoms with Gasteiger partial charge in [0.25, 0.3) is 12.6 Å². The minimum atomic E-state index is -0.468. The highest BCUT2D eigenvalue weighted by atomic mass is 16.6. The second-order valence-corrected chi connectivity index (χ2v) is 6.68. The molecule has 0 saturated heterocycles. The molecule has 2 aromatic rings. The number of carbonyl (C=O) groups excluding carboxylic acids is 2. The Bertz CT molecular complexity index is 732. The van der Waals surface area contributed by atoms with Gasteiger partial charge in [0, 0.05) is 24.2 Å². The maximum Gasteiger partial charge on any atom is 0.412 e. The van der Waals surface area contributed by atoms with Crippen molar-refractivity contribution in [2.45, 2.75) is 52.4 Å². The molecule has 0 radical (unpaired) electrons. The molecular formula is C21H28N3O3+. The smallest absolute Gasteiger partial charge is 0.388 e. The Morgan fingerprint density at radius 3 is 2.30 bits per heavy atom. The lowest BCUT2D eigenvalue weighted by Crippen LogP contribution is -2.41. The van der Waals surface area contributed by atoms with Crippen LogP contribution >= 0.6 is 0 Å². The van der Waals surface area contributed by atoms with Crippen LogP contribution in [0.15, 0.2) is 54.9 Å². The van der Waals surface area contributed by atoms with Gasteiger partial charge in [-0.2, -0.15) is 4.57 Å². The molecule has 2 atom stereocenters. The molecular weight excluding hydrogens is 342 g/mol. The van der Waals surface area contributed by atoms with Crippen LogP contribution in [0, 0.1) is 0 Å². The summed E-state index contributed by atoms with van der Waals surface area (Å²) in [5, 5.41) is 5.73. The van der Waals surface area contributed by atoms with Crippen molar-refractivity contribution in [3.63, 3.8) is 0 Å². The first-order valence-electron chi connectivity index (χ1n) is 9.25. The van der Waals surface area contributed by atoms with Crippen molar-refractivity contribution in [3.05, 3.63) is 66.0 Å². The molecule has 6 heteroatoms. The fourth-order valence-electron chi connectivity index (χ4n) is 2.50. The largest absolute Gasteiger partial charge is 0.412 e. The van der Waals surface area contributed by atoms with Gasteiger partial charge in [-0.3, -0.25) is 4.79 Å². The van der Waals surface area contributed by atoms with Gasteiger partial charge in [0.1, 0.15) is 0 Å². The topological polar surface area (TPSA) is 71.3 Å². The van der Waals surface area contributed by atoms with E-state index in [2.05, 4.69) is 10.6 Å². The summed E-state index contributed by atoms with van der Waals surface area (Å²) in [6.45, 7) is 6.00. The molecule has 0 fully saturated rings. The third-order valence-corrected chi connectivity index (χ3v) is 4.24. The van der Waals surface area contributed by atoms with Crippen LogP contribution in [0.2, 0.25) is 0 Å². The minimum absolute atomic E-state index is 0.0310. The van der Waals surface area contributed by atoms with Crippen molar-refractivity contribution in [1.82, 2.24) is 10.6 Å². The zero-order valence-corrected chi connectivity index (χ0v) is 16.1. The van der Waals surface area contributed by atoms with Crippen molar-refractivity contribution >= 4 is 12.0 Å². The Balaban J connectivity index is 1.77. The monoisotopic (exact) mass is 370 g/mol. The third kappa shape index (κ3) is 7.09. The first-order valence-corrected chi connectivity index (χ1v) is 9.25. The first kappa shape index (κ1) is 20.4. The molecule has 1 aromatic heterocycles. The van der Waals surface area contributed by atoms with Crippen LogP contribution in [0.1, 0.15) is 43.1 Å². The van der Waals surface area contributed by atoms with Gasteiger partial charge in [-0.25, -0.2) is 4.79 Å². The Hall–Kier alpha value is -2.89. The number of amides is 2. The van der Waals surface area contributed by atoms with Crippen LogP contribution in [0.25, 0.3) is 0 Å². The predicted molar refractivity (Wildman–Crippen MR) is 103 cm³/mol. The minimum Gasteiger partial charge on any atom is -0.388 e. The summed E-state index contributed by atoms with van der Waals surface area (Å²) < 4.78 is 6.93. The number of hydrogen-bond donors (Lipinski definition) is 2. The molecule has 0 saturated carbocycles. The van der Waals surface area contributed by atoms with Crippen molar-refractivity contribution in [2.75, 3.05) is 0 Å². The van der Waals surface area contributed by atoms with Crippen molar-refractivity contribution in [3.8, 4) is 0 Å². The Kier molecular flexibility index (Phi) is 7.79. The SMILES string of the molecule is CC[C@@H](C)NC(=O)c1cc[n+](COC(=O)N[C@@H](C)Cc2ccccc2)cc1. The highest BCUT2D eigenvalue weighted by Crippen LogP contribution is 2.03. The molecule has 2 amide bonds. The molecule has 0 spiro atoms. The fourth-order valence-corrected chi connectivity index (χ4v) is 2.50. The molecule has 0 unspecified atom stereocenters. The number of benzene rings is 1. The highest BCUT2D eigenvalue weighted by Gasteiger charge is 2.13. The second-order valence-electron chi connectivity index (χ2n) is 6.68. The Morgan fingerprint density at radius 2 is 1.67 bits per heavy atom. The summed E-state index contributed by atoms with van der Waals surface area (Å²) in [4.78, 5) is 24.0. The Morgan fingerprint density at radius 1 is 1.00 bits per heavy atom. The van der Waals surface area contributed by atoms with E-state index < -0.39 is 6.09 Å². The van der Waals surface area contributed by atoms with Gasteiger partial charge in [0.05, 0.1) is 5.56 Å². The highest BCUT2D eigenvalue weighted by molar-refractivity contribution is 5.94. The number of nitrogens with zero attached hydrogens (tertiary/aromatic N) is 1. The van der Waals surface area contributed by atoms with E-state index in [1.54, 1.807) is 29.1 Å². The van der Waals surface area contributed by atoms with E-state index in [0.29, 0.717) is 5.56 Å². The number of carbonyl (C=O) groups is 2. The number of alkyl carbamates (subject to hydrolysis) is 1. The molecule has 0 bridgehead atoms. The summed E-state index contributed by atoms with van der Waals surface area (Å²) in [6.07, 6.45) is 4.58. The van der Waals surface area contributed by atoms with Crippen LogP contribution in [0.5, 0.6) is 0 Å². The predicted octanol–water partition coefficient (Wildman–Crippen LogP) is 2.82. The molecule has 1 aromatic carbocycles. The number of aromatic nitrogens is 1. The summed E-state index contributed by atoms with van der Waals surface area (Å²) in [5.74, 6) is -0.107. The van der Waals surface area contributed by atoms with Crippen molar-refractivity contribution in [2.24, 2.45) is 0 Å². The van der Waals surface area contributed by atoms with E-state index in [0.717, 1.165) is 18.4 Å². The number of rotatable bonds is 8. The zero-order chi connectivity index (χ0) is 19.6. The van der Waals surface area contributed by atoms with Crippen molar-refractivity contribution in [1.29, 1.82) is 0 Å². The normalized spacial score (nSPS) is 12.7. The van der Waals surface area contributed by atoms with Gasteiger partial charge >= 0.3 is 6.09 Å². The van der Waals surface area contributed by atoms with E-state index in [4.69, 9.17) is 4.74 Å². The lowest BCUT2D eigenvalue weighted by molar-refractivity contribution is -0.727. The summed E-state index contributed by atoms with van der Waals surface area (Å²) >= 11 is 0. The van der Waals surface area contributed by atoms with E-state index in [-0.39, 0.29) is 24.7 Å². The molecule has 144 valence electrons. The van der Waals surface area contributed by atoms with Gasteiger partial charge < -0.3 is 15.4 Å². The van der Waals surface area contributed by atoms with E-state index in [1.807, 2.05) is 51.1 Å². The lowest BCUT2D eigenvalue weighted by Gasteiger charge is -2.13. The zero-order valence-electron chi connectivity index (χ0n) is 16.1. The average molecular weight is 370 g/mol. The van der Waals surface area contributed by atoms with Gasteiger partial charge in [0.2, 0.25) is 0 Å².